The summed E-state index contributed by atoms with van der Waals surface area (Å²) in [6.45, 7) is 1.50. The highest BCUT2D eigenvalue weighted by Crippen LogP contribution is 2.29. The molecule has 0 aliphatic heterocycles. The van der Waals surface area contributed by atoms with Gasteiger partial charge >= 0.3 is 0 Å². The van der Waals surface area contributed by atoms with E-state index in [4.69, 9.17) is 9.15 Å². The molecule has 5 heteroatoms. The normalized spacial score (nSPS) is 22.2. The van der Waals surface area contributed by atoms with Gasteiger partial charge in [0.05, 0.1) is 0 Å². The fourth-order valence-electron chi connectivity index (χ4n) is 2.20. The molecule has 1 aliphatic carbocycles. The predicted octanol–water partition coefficient (Wildman–Crippen LogP) is 3.48. The highest BCUT2D eigenvalue weighted by atomic mass is 127. The third-order valence-corrected chi connectivity index (χ3v) is 4.27. The first-order chi connectivity index (χ1) is 9.15. The van der Waals surface area contributed by atoms with Crippen molar-refractivity contribution in [3.05, 3.63) is 30.0 Å². The SMILES string of the molecule is CC(=O)c1cc2ccc(O[C@H]3C[C@@H](NI)C3)cc2o1. The highest BCUT2D eigenvalue weighted by molar-refractivity contribution is 14.1. The van der Waals surface area contributed by atoms with Crippen molar-refractivity contribution in [2.45, 2.75) is 31.9 Å². The molecule has 0 saturated heterocycles. The van der Waals surface area contributed by atoms with Crippen LogP contribution in [0.4, 0.5) is 0 Å². The number of Topliss-reactive ketones (excluding diaryl/α,β-unsaturated/α-hetero) is 1. The number of nitrogens with one attached hydrogen (secondary N) is 1. The molecule has 3 rings (SSSR count). The fourth-order valence-corrected chi connectivity index (χ4v) is 2.71. The molecule has 1 aromatic heterocycles. The first-order valence-electron chi connectivity index (χ1n) is 6.23. The zero-order valence-corrected chi connectivity index (χ0v) is 12.6. The molecule has 0 atom stereocenters. The van der Waals surface area contributed by atoms with Crippen LogP contribution in [0.25, 0.3) is 11.0 Å². The first kappa shape index (κ1) is 12.9. The van der Waals surface area contributed by atoms with Crippen molar-refractivity contribution < 1.29 is 13.9 Å². The van der Waals surface area contributed by atoms with Crippen LogP contribution in [0.1, 0.15) is 30.3 Å². The summed E-state index contributed by atoms with van der Waals surface area (Å²) in [6.07, 6.45) is 2.32. The summed E-state index contributed by atoms with van der Waals surface area (Å²) in [6, 6.07) is 8.02. The Morgan fingerprint density at radius 1 is 1.42 bits per heavy atom. The molecule has 1 saturated carbocycles. The van der Waals surface area contributed by atoms with Crippen LogP contribution in [-0.2, 0) is 0 Å². The van der Waals surface area contributed by atoms with Crippen molar-refractivity contribution in [1.29, 1.82) is 0 Å². The van der Waals surface area contributed by atoms with Gasteiger partial charge < -0.3 is 9.15 Å². The van der Waals surface area contributed by atoms with Crippen molar-refractivity contribution in [3.63, 3.8) is 0 Å². The van der Waals surface area contributed by atoms with E-state index in [1.165, 1.54) is 6.92 Å². The average Bonchev–Trinajstić information content (AvgIpc) is 2.76. The zero-order chi connectivity index (χ0) is 13.4. The van der Waals surface area contributed by atoms with Gasteiger partial charge in [0, 0.05) is 60.1 Å². The number of rotatable bonds is 4. The van der Waals surface area contributed by atoms with Gasteiger partial charge in [-0.3, -0.25) is 8.32 Å². The summed E-state index contributed by atoms with van der Waals surface area (Å²) in [5.74, 6) is 1.13. The van der Waals surface area contributed by atoms with Gasteiger partial charge in [0.1, 0.15) is 17.4 Å². The van der Waals surface area contributed by atoms with Gasteiger partial charge in [-0.25, -0.2) is 0 Å². The topological polar surface area (TPSA) is 51.5 Å². The van der Waals surface area contributed by atoms with Crippen LogP contribution in [0.15, 0.2) is 28.7 Å². The molecule has 0 unspecified atom stereocenters. The molecule has 1 aliphatic rings. The molecule has 0 radical (unpaired) electrons. The van der Waals surface area contributed by atoms with E-state index in [1.807, 2.05) is 18.2 Å². The van der Waals surface area contributed by atoms with Crippen molar-refractivity contribution in [2.75, 3.05) is 0 Å². The number of ketones is 1. The molecule has 4 nitrogen and oxygen atoms in total. The van der Waals surface area contributed by atoms with Crippen LogP contribution < -0.4 is 8.27 Å². The maximum Gasteiger partial charge on any atom is 0.194 e. The van der Waals surface area contributed by atoms with Crippen LogP contribution in [-0.4, -0.2) is 17.9 Å². The molecule has 1 fully saturated rings. The number of hydrogen-bond acceptors (Lipinski definition) is 4. The van der Waals surface area contributed by atoms with E-state index >= 15 is 0 Å². The first-order valence-corrected chi connectivity index (χ1v) is 7.31. The summed E-state index contributed by atoms with van der Waals surface area (Å²) in [5.41, 5.74) is 0.700. The number of benzene rings is 1. The average molecular weight is 371 g/mol. The van der Waals surface area contributed by atoms with Gasteiger partial charge in [-0.15, -0.1) is 0 Å². The Kier molecular flexibility index (Phi) is 3.49. The number of hydrogen-bond donors (Lipinski definition) is 1. The highest BCUT2D eigenvalue weighted by Gasteiger charge is 2.30. The molecule has 19 heavy (non-hydrogen) atoms. The van der Waals surface area contributed by atoms with E-state index < -0.39 is 0 Å². The molecular weight excluding hydrogens is 357 g/mol. The van der Waals surface area contributed by atoms with E-state index in [9.17, 15) is 4.79 Å². The summed E-state index contributed by atoms with van der Waals surface area (Å²) in [7, 11) is 0. The number of halogens is 1. The van der Waals surface area contributed by atoms with Gasteiger partial charge in [0.2, 0.25) is 0 Å². The van der Waals surface area contributed by atoms with E-state index in [0.29, 0.717) is 17.4 Å². The molecule has 1 heterocycles. The molecule has 1 N–H and O–H groups in total. The fraction of sp³-hybridized carbons (Fsp3) is 0.357. The molecule has 0 spiro atoms. The summed E-state index contributed by atoms with van der Waals surface area (Å²) >= 11 is 2.17. The Bertz CT molecular complexity index is 616. The van der Waals surface area contributed by atoms with Crippen LogP contribution in [0, 0.1) is 0 Å². The van der Waals surface area contributed by atoms with Crippen molar-refractivity contribution in [1.82, 2.24) is 3.53 Å². The number of ether oxygens (including phenoxy) is 1. The van der Waals surface area contributed by atoms with E-state index in [0.717, 1.165) is 24.0 Å². The Morgan fingerprint density at radius 3 is 2.89 bits per heavy atom. The standard InChI is InChI=1S/C14H14INO3/c1-8(17)13-4-9-2-3-11(7-14(9)19-13)18-12-5-10(6-12)16-15/h2-4,7,10,12,16H,5-6H2,1H3/t10-,12+. The minimum atomic E-state index is -0.0615. The van der Waals surface area contributed by atoms with Gasteiger partial charge in [-0.1, -0.05) is 0 Å². The van der Waals surface area contributed by atoms with Crippen LogP contribution in [0.2, 0.25) is 0 Å². The second-order valence-electron chi connectivity index (χ2n) is 4.88. The third kappa shape index (κ3) is 2.62. The smallest absolute Gasteiger partial charge is 0.194 e. The number of carbonyl (C=O) groups excluding carboxylic acids is 1. The maximum atomic E-state index is 11.3. The lowest BCUT2D eigenvalue weighted by molar-refractivity contribution is 0.0969. The van der Waals surface area contributed by atoms with Gasteiger partial charge in [0.15, 0.2) is 11.5 Å². The zero-order valence-electron chi connectivity index (χ0n) is 10.5. The minimum absolute atomic E-state index is 0.0615. The van der Waals surface area contributed by atoms with Crippen molar-refractivity contribution >= 4 is 39.6 Å². The minimum Gasteiger partial charge on any atom is -0.490 e. The molecule has 100 valence electrons. The molecule has 1 aromatic carbocycles. The van der Waals surface area contributed by atoms with Crippen molar-refractivity contribution in [3.8, 4) is 5.75 Å². The Hall–Kier alpha value is -1.08. The van der Waals surface area contributed by atoms with Gasteiger partial charge in [0.25, 0.3) is 0 Å². The quantitative estimate of drug-likeness (QED) is 0.508. The largest absolute Gasteiger partial charge is 0.490 e. The van der Waals surface area contributed by atoms with Crippen LogP contribution in [0.3, 0.4) is 0 Å². The monoisotopic (exact) mass is 371 g/mol. The maximum absolute atomic E-state index is 11.3. The van der Waals surface area contributed by atoms with Crippen LogP contribution in [0.5, 0.6) is 5.75 Å². The predicted molar refractivity (Wildman–Crippen MR) is 80.8 cm³/mol. The Balaban J connectivity index is 1.76. The van der Waals surface area contributed by atoms with Gasteiger partial charge in [-0.2, -0.15) is 0 Å². The third-order valence-electron chi connectivity index (χ3n) is 3.39. The molecule has 0 amide bonds. The number of carbonyl (C=O) groups is 1. The second kappa shape index (κ2) is 5.13. The number of fused-ring (bicyclic) bond motifs is 1. The summed E-state index contributed by atoms with van der Waals surface area (Å²) in [5, 5.41) is 0.929. The number of furan rings is 1. The Morgan fingerprint density at radius 2 is 2.21 bits per heavy atom. The van der Waals surface area contributed by atoms with E-state index in [2.05, 4.69) is 26.4 Å². The van der Waals surface area contributed by atoms with Gasteiger partial charge in [-0.05, 0) is 18.2 Å². The lowest BCUT2D eigenvalue weighted by Crippen LogP contribution is -2.43. The van der Waals surface area contributed by atoms with E-state index in [1.54, 1.807) is 6.07 Å². The Labute approximate surface area is 125 Å². The van der Waals surface area contributed by atoms with Crippen LogP contribution >= 0.6 is 22.9 Å². The van der Waals surface area contributed by atoms with Crippen molar-refractivity contribution in [2.24, 2.45) is 0 Å². The lowest BCUT2D eigenvalue weighted by Gasteiger charge is -2.34. The summed E-state index contributed by atoms with van der Waals surface area (Å²) in [4.78, 5) is 11.3. The second-order valence-corrected chi connectivity index (χ2v) is 5.51. The van der Waals surface area contributed by atoms with E-state index in [-0.39, 0.29) is 11.9 Å². The summed E-state index contributed by atoms with van der Waals surface area (Å²) < 4.78 is 14.6. The molecule has 2 aromatic rings. The molecule has 0 bridgehead atoms. The lowest BCUT2D eigenvalue weighted by atomic mass is 9.90. The molecular formula is C14H14INO3.